The Kier molecular flexibility index (Phi) is 18.7. The SMILES string of the molecule is [C-]#[N+]c1c(/N=N/c2ccc(N(CCOCCOCCOCCOCC[N+](CC)(CC)CCCC)Cc3ccccc3)cc2C)sc(C#N)c1C. The molecule has 11 heteroatoms. The Bertz CT molecular complexity index is 1530. The van der Waals surface area contributed by atoms with Crippen LogP contribution in [0, 0.1) is 31.8 Å². The van der Waals surface area contributed by atoms with Gasteiger partial charge in [0.15, 0.2) is 0 Å². The lowest BCUT2D eigenvalue weighted by molar-refractivity contribution is -0.925. The van der Waals surface area contributed by atoms with Crippen LogP contribution >= 0.6 is 11.3 Å². The van der Waals surface area contributed by atoms with E-state index in [9.17, 15) is 5.26 Å². The number of azo groups is 1. The number of aryl methyl sites for hydroxylation is 1. The van der Waals surface area contributed by atoms with Crippen LogP contribution in [0.4, 0.5) is 22.1 Å². The average Bonchev–Trinajstić information content (AvgIpc) is 3.46. The highest BCUT2D eigenvalue weighted by Gasteiger charge is 2.22. The molecule has 1 aromatic heterocycles. The van der Waals surface area contributed by atoms with E-state index >= 15 is 0 Å². The largest absolute Gasteiger partial charge is 0.377 e. The predicted molar refractivity (Wildman–Crippen MR) is 202 cm³/mol. The molecule has 0 radical (unpaired) electrons. The van der Waals surface area contributed by atoms with Crippen molar-refractivity contribution in [2.45, 2.75) is 54.0 Å². The van der Waals surface area contributed by atoms with Crippen molar-refractivity contribution >= 4 is 33.4 Å². The number of thiophene rings is 1. The monoisotopic (exact) mass is 703 g/mol. The van der Waals surface area contributed by atoms with Crippen molar-refractivity contribution < 1.29 is 23.4 Å². The maximum atomic E-state index is 9.34. The van der Waals surface area contributed by atoms with Crippen LogP contribution in [-0.2, 0) is 25.5 Å². The maximum absolute atomic E-state index is 9.34. The number of rotatable bonds is 25. The van der Waals surface area contributed by atoms with Gasteiger partial charge in [-0.1, -0.05) is 43.7 Å². The minimum Gasteiger partial charge on any atom is -0.377 e. The number of hydrogen-bond acceptors (Lipinski definition) is 9. The number of unbranched alkanes of at least 4 members (excludes halogenated alkanes) is 1. The Balaban J connectivity index is 1.39. The summed E-state index contributed by atoms with van der Waals surface area (Å²) in [4.78, 5) is 6.34. The molecule has 0 spiro atoms. The van der Waals surface area contributed by atoms with Crippen LogP contribution < -0.4 is 4.90 Å². The third-order valence-electron chi connectivity index (χ3n) is 8.98. The first-order chi connectivity index (χ1) is 24.4. The van der Waals surface area contributed by atoms with E-state index in [1.807, 2.05) is 37.3 Å². The summed E-state index contributed by atoms with van der Waals surface area (Å²) in [6.07, 6.45) is 2.50. The lowest BCUT2D eigenvalue weighted by atomic mass is 10.1. The third-order valence-corrected chi connectivity index (χ3v) is 10.0. The molecule has 0 amide bonds. The van der Waals surface area contributed by atoms with E-state index in [1.165, 1.54) is 36.3 Å². The molecule has 50 heavy (non-hydrogen) atoms. The van der Waals surface area contributed by atoms with E-state index in [2.05, 4.69) is 65.0 Å². The van der Waals surface area contributed by atoms with E-state index in [1.54, 1.807) is 6.92 Å². The summed E-state index contributed by atoms with van der Waals surface area (Å²) in [6, 6.07) is 18.6. The molecule has 270 valence electrons. The maximum Gasteiger partial charge on any atom is 0.229 e. The molecule has 3 aromatic rings. The van der Waals surface area contributed by atoms with E-state index in [-0.39, 0.29) is 0 Å². The quantitative estimate of drug-likeness (QED) is 0.0379. The number of quaternary nitrogens is 1. The van der Waals surface area contributed by atoms with Crippen molar-refractivity contribution in [2.75, 3.05) is 90.5 Å². The number of nitrogens with zero attached hydrogens (tertiary/aromatic N) is 6. The fraction of sp³-hybridized carbons (Fsp3) is 0.538. The van der Waals surface area contributed by atoms with E-state index in [0.29, 0.717) is 79.6 Å². The molecule has 2 aromatic carbocycles. The first-order valence-electron chi connectivity index (χ1n) is 17.8. The summed E-state index contributed by atoms with van der Waals surface area (Å²) in [5.41, 5.74) is 4.97. The molecular weight excluding hydrogens is 649 g/mol. The molecule has 10 nitrogen and oxygen atoms in total. The lowest BCUT2D eigenvalue weighted by Crippen LogP contribution is -2.50. The molecule has 0 atom stereocenters. The van der Waals surface area contributed by atoms with Gasteiger partial charge in [-0.2, -0.15) is 15.5 Å². The zero-order chi connectivity index (χ0) is 36.0. The summed E-state index contributed by atoms with van der Waals surface area (Å²) in [6.45, 7) is 28.7. The van der Waals surface area contributed by atoms with Crippen molar-refractivity contribution in [3.63, 3.8) is 0 Å². The van der Waals surface area contributed by atoms with Crippen molar-refractivity contribution in [1.82, 2.24) is 0 Å². The zero-order valence-electron chi connectivity index (χ0n) is 30.7. The highest BCUT2D eigenvalue weighted by molar-refractivity contribution is 7.17. The molecule has 0 N–H and O–H groups in total. The Morgan fingerprint density at radius 3 is 2.06 bits per heavy atom. The van der Waals surface area contributed by atoms with Crippen LogP contribution in [0.1, 0.15) is 55.2 Å². The minimum atomic E-state index is 0.385. The standard InChI is InChI=1S/C39H55N6O4S/c1-7-10-19-45(8-2,9-3)20-22-47-24-26-49-28-27-48-25-23-46-21-18-44(31-34-14-12-11-13-15-34)35-16-17-36(32(4)29-35)42-43-39-38(41-6)33(5)37(30-40)50-39/h11-17,29H,7-10,18-28,31H2,1-5H3/q+1/b43-42+. The Morgan fingerprint density at radius 2 is 1.48 bits per heavy atom. The van der Waals surface area contributed by atoms with Gasteiger partial charge in [0.2, 0.25) is 5.69 Å². The van der Waals surface area contributed by atoms with Gasteiger partial charge < -0.3 is 28.3 Å². The lowest BCUT2D eigenvalue weighted by Gasteiger charge is -2.36. The van der Waals surface area contributed by atoms with Crippen molar-refractivity contribution in [1.29, 1.82) is 5.26 Å². The number of hydrogen-bond donors (Lipinski definition) is 0. The Hall–Kier alpha value is -3.68. The van der Waals surface area contributed by atoms with Gasteiger partial charge in [0.1, 0.15) is 17.6 Å². The van der Waals surface area contributed by atoms with E-state index in [0.717, 1.165) is 48.5 Å². The fourth-order valence-corrected chi connectivity index (χ4v) is 6.47. The highest BCUT2D eigenvalue weighted by atomic mass is 32.1. The zero-order valence-corrected chi connectivity index (χ0v) is 31.5. The second kappa shape index (κ2) is 22.9. The number of anilines is 1. The third kappa shape index (κ3) is 13.2. The summed E-state index contributed by atoms with van der Waals surface area (Å²) in [7, 11) is 0. The normalized spacial score (nSPS) is 11.6. The van der Waals surface area contributed by atoms with Gasteiger partial charge in [0.05, 0.1) is 89.6 Å². The topological polar surface area (TPSA) is 93.0 Å². The molecule has 0 unspecified atom stereocenters. The van der Waals surface area contributed by atoms with Crippen LogP contribution in [0.2, 0.25) is 0 Å². The van der Waals surface area contributed by atoms with Crippen molar-refractivity contribution in [3.8, 4) is 6.07 Å². The highest BCUT2D eigenvalue weighted by Crippen LogP contribution is 2.42. The molecule has 1 heterocycles. The molecule has 0 fully saturated rings. The van der Waals surface area contributed by atoms with Crippen LogP contribution in [0.5, 0.6) is 0 Å². The minimum absolute atomic E-state index is 0.385. The van der Waals surface area contributed by atoms with Crippen molar-refractivity contribution in [3.05, 3.63) is 81.5 Å². The van der Waals surface area contributed by atoms with Gasteiger partial charge in [-0.25, -0.2) is 4.85 Å². The van der Waals surface area contributed by atoms with Crippen LogP contribution in [0.15, 0.2) is 58.8 Å². The van der Waals surface area contributed by atoms with Crippen LogP contribution in [0.3, 0.4) is 0 Å². The number of likely N-dealkylation sites (N-methyl/N-ethyl adjacent to an activating group) is 1. The van der Waals surface area contributed by atoms with Gasteiger partial charge in [0, 0.05) is 18.8 Å². The summed E-state index contributed by atoms with van der Waals surface area (Å²) >= 11 is 1.19. The molecule has 0 saturated carbocycles. The number of benzene rings is 2. The molecule has 0 bridgehead atoms. The second-order valence-electron chi connectivity index (χ2n) is 12.2. The van der Waals surface area contributed by atoms with Gasteiger partial charge in [0.25, 0.3) is 0 Å². The fourth-order valence-electron chi connectivity index (χ4n) is 5.60. The van der Waals surface area contributed by atoms with Crippen LogP contribution in [0.25, 0.3) is 4.85 Å². The smallest absolute Gasteiger partial charge is 0.229 e. The molecule has 0 saturated heterocycles. The van der Waals surface area contributed by atoms with E-state index in [4.69, 9.17) is 25.5 Å². The Labute approximate surface area is 303 Å². The molecular formula is C39H55N6O4S+. The molecule has 0 aliphatic heterocycles. The molecule has 0 aliphatic carbocycles. The predicted octanol–water partition coefficient (Wildman–Crippen LogP) is 8.93. The second-order valence-corrected chi connectivity index (χ2v) is 13.2. The summed E-state index contributed by atoms with van der Waals surface area (Å²) in [5.74, 6) is 0. The average molecular weight is 704 g/mol. The van der Waals surface area contributed by atoms with E-state index < -0.39 is 0 Å². The van der Waals surface area contributed by atoms with Gasteiger partial charge in [-0.05, 0) is 69.0 Å². The van der Waals surface area contributed by atoms with Crippen LogP contribution in [-0.4, -0.2) is 90.1 Å². The summed E-state index contributed by atoms with van der Waals surface area (Å²) in [5, 5.41) is 18.6. The summed E-state index contributed by atoms with van der Waals surface area (Å²) < 4.78 is 24.3. The van der Waals surface area contributed by atoms with Gasteiger partial charge in [-0.15, -0.1) is 11.3 Å². The Morgan fingerprint density at radius 1 is 0.840 bits per heavy atom. The first kappa shape index (κ1) is 40.7. The van der Waals surface area contributed by atoms with Gasteiger partial charge in [-0.3, -0.25) is 0 Å². The first-order valence-corrected chi connectivity index (χ1v) is 18.6. The molecule has 3 rings (SSSR count). The molecule has 0 aliphatic rings. The van der Waals surface area contributed by atoms with Crippen molar-refractivity contribution in [2.24, 2.45) is 10.2 Å². The van der Waals surface area contributed by atoms with Gasteiger partial charge >= 0.3 is 0 Å². The number of ether oxygens (including phenoxy) is 4. The number of nitriles is 1.